The minimum Gasteiger partial charge on any atom is -0.503 e. The number of thiophene rings is 2. The summed E-state index contributed by atoms with van der Waals surface area (Å²) in [5, 5.41) is 22.0. The molecule has 0 atom stereocenters. The van der Waals surface area contributed by atoms with Crippen molar-refractivity contribution in [3.05, 3.63) is 44.3 Å². The average Bonchev–Trinajstić information content (AvgIpc) is 2.85. The van der Waals surface area contributed by atoms with Gasteiger partial charge in [0, 0.05) is 0 Å². The van der Waals surface area contributed by atoms with Crippen LogP contribution in [-0.4, -0.2) is 10.2 Å². The highest BCUT2D eigenvalue weighted by molar-refractivity contribution is 7.12. The summed E-state index contributed by atoms with van der Waals surface area (Å²) in [5.74, 6) is -2.58. The monoisotopic (exact) mass is 260 g/mol. The summed E-state index contributed by atoms with van der Waals surface area (Å²) in [6.07, 6.45) is 0. The van der Waals surface area contributed by atoms with Crippen LogP contribution in [0.2, 0.25) is 0 Å². The van der Waals surface area contributed by atoms with Gasteiger partial charge in [-0.2, -0.15) is 0 Å². The summed E-state index contributed by atoms with van der Waals surface area (Å²) in [4.78, 5) is -0.212. The molecule has 2 nitrogen and oxygen atoms in total. The summed E-state index contributed by atoms with van der Waals surface area (Å²) in [6, 6.07) is 2.32. The fourth-order valence-corrected chi connectivity index (χ4v) is 2.57. The van der Waals surface area contributed by atoms with E-state index in [0.717, 1.165) is 34.8 Å². The topological polar surface area (TPSA) is 40.5 Å². The zero-order chi connectivity index (χ0) is 11.7. The Bertz CT molecular complexity index is 494. The molecule has 84 valence electrons. The number of hydrogen-bond donors (Lipinski definition) is 2. The lowest BCUT2D eigenvalue weighted by Gasteiger charge is -2.01. The molecule has 0 aliphatic carbocycles. The van der Waals surface area contributed by atoms with Gasteiger partial charge in [0.1, 0.15) is 21.4 Å². The van der Waals surface area contributed by atoms with Gasteiger partial charge in [0.05, 0.1) is 0 Å². The maximum atomic E-state index is 13.1. The molecule has 0 aliphatic rings. The number of aliphatic hydroxyl groups is 2. The van der Waals surface area contributed by atoms with Crippen LogP contribution in [-0.2, 0) is 0 Å². The largest absolute Gasteiger partial charge is 0.503 e. The molecule has 0 aromatic carbocycles. The predicted octanol–water partition coefficient (Wildman–Crippen LogP) is 4.03. The van der Waals surface area contributed by atoms with Gasteiger partial charge in [0.15, 0.2) is 11.5 Å². The van der Waals surface area contributed by atoms with E-state index in [1.807, 2.05) is 0 Å². The first-order chi connectivity index (χ1) is 7.61. The maximum Gasteiger partial charge on any atom is 0.179 e. The molecule has 0 bridgehead atoms. The summed E-state index contributed by atoms with van der Waals surface area (Å²) in [7, 11) is 0. The smallest absolute Gasteiger partial charge is 0.179 e. The number of aliphatic hydroxyl groups excluding tert-OH is 2. The number of halogens is 2. The molecule has 2 N–H and O–H groups in total. The summed E-state index contributed by atoms with van der Waals surface area (Å²) in [5.41, 5.74) is 0. The van der Waals surface area contributed by atoms with Crippen LogP contribution in [0, 0.1) is 11.6 Å². The third kappa shape index (κ3) is 1.81. The first-order valence-corrected chi connectivity index (χ1v) is 5.96. The van der Waals surface area contributed by atoms with Gasteiger partial charge in [-0.1, -0.05) is 0 Å². The summed E-state index contributed by atoms with van der Waals surface area (Å²) < 4.78 is 26.2. The Morgan fingerprint density at radius 2 is 1.25 bits per heavy atom. The van der Waals surface area contributed by atoms with E-state index >= 15 is 0 Å². The zero-order valence-electron chi connectivity index (χ0n) is 7.78. The van der Waals surface area contributed by atoms with Crippen LogP contribution >= 0.6 is 22.7 Å². The highest BCUT2D eigenvalue weighted by atomic mass is 32.1. The van der Waals surface area contributed by atoms with Crippen molar-refractivity contribution in [3.8, 4) is 0 Å². The van der Waals surface area contributed by atoms with Crippen molar-refractivity contribution in [2.45, 2.75) is 0 Å². The van der Waals surface area contributed by atoms with Crippen molar-refractivity contribution in [1.82, 2.24) is 0 Å². The molecule has 6 heteroatoms. The number of hydrogen-bond acceptors (Lipinski definition) is 4. The molecular weight excluding hydrogens is 254 g/mol. The van der Waals surface area contributed by atoms with E-state index in [4.69, 9.17) is 0 Å². The van der Waals surface area contributed by atoms with Gasteiger partial charge in [0.2, 0.25) is 0 Å². The Morgan fingerprint density at radius 1 is 0.875 bits per heavy atom. The average molecular weight is 260 g/mol. The minimum atomic E-state index is -0.647. The van der Waals surface area contributed by atoms with E-state index in [2.05, 4.69) is 0 Å². The van der Waals surface area contributed by atoms with Crippen LogP contribution in [0.5, 0.6) is 0 Å². The third-order valence-electron chi connectivity index (χ3n) is 1.89. The van der Waals surface area contributed by atoms with Crippen molar-refractivity contribution < 1.29 is 19.0 Å². The second-order valence-corrected chi connectivity index (χ2v) is 4.72. The second kappa shape index (κ2) is 4.23. The van der Waals surface area contributed by atoms with E-state index in [0.29, 0.717) is 0 Å². The third-order valence-corrected chi connectivity index (χ3v) is 3.68. The van der Waals surface area contributed by atoms with E-state index < -0.39 is 23.2 Å². The minimum absolute atomic E-state index is 0.106. The van der Waals surface area contributed by atoms with Crippen molar-refractivity contribution in [2.24, 2.45) is 0 Å². The quantitative estimate of drug-likeness (QED) is 0.800. The Morgan fingerprint density at radius 3 is 1.50 bits per heavy atom. The maximum absolute atomic E-state index is 13.1. The molecule has 2 rings (SSSR count). The van der Waals surface area contributed by atoms with Crippen LogP contribution in [0.3, 0.4) is 0 Å². The Balaban J connectivity index is 2.51. The molecule has 16 heavy (non-hydrogen) atoms. The van der Waals surface area contributed by atoms with Gasteiger partial charge in [-0.05, 0) is 22.9 Å². The molecule has 0 fully saturated rings. The van der Waals surface area contributed by atoms with Gasteiger partial charge in [-0.15, -0.1) is 22.7 Å². The van der Waals surface area contributed by atoms with E-state index in [1.165, 1.54) is 10.8 Å². The van der Waals surface area contributed by atoms with Gasteiger partial charge in [0.25, 0.3) is 0 Å². The normalized spacial score (nSPS) is 12.6. The SMILES string of the molecule is O/C(=C(/O)c1sccc1F)c1sccc1F. The Kier molecular flexibility index (Phi) is 2.93. The van der Waals surface area contributed by atoms with Crippen LogP contribution in [0.25, 0.3) is 11.5 Å². The molecule has 2 heterocycles. The van der Waals surface area contributed by atoms with Crippen molar-refractivity contribution >= 4 is 34.2 Å². The molecule has 2 aromatic rings. The van der Waals surface area contributed by atoms with Crippen LogP contribution < -0.4 is 0 Å². The lowest BCUT2D eigenvalue weighted by Crippen LogP contribution is -1.90. The van der Waals surface area contributed by atoms with Gasteiger partial charge >= 0.3 is 0 Å². The van der Waals surface area contributed by atoms with Crippen molar-refractivity contribution in [3.63, 3.8) is 0 Å². The first-order valence-electron chi connectivity index (χ1n) is 4.20. The fraction of sp³-hybridized carbons (Fsp3) is 0. The van der Waals surface area contributed by atoms with E-state index in [-0.39, 0.29) is 9.75 Å². The molecule has 0 saturated carbocycles. The molecular formula is C10H6F2O2S2. The lowest BCUT2D eigenvalue weighted by atomic mass is 10.3. The Hall–Kier alpha value is -1.40. The fourth-order valence-electron chi connectivity index (χ4n) is 1.14. The van der Waals surface area contributed by atoms with Crippen LogP contribution in [0.15, 0.2) is 22.9 Å². The lowest BCUT2D eigenvalue weighted by molar-refractivity contribution is 0.455. The van der Waals surface area contributed by atoms with Crippen molar-refractivity contribution in [2.75, 3.05) is 0 Å². The molecule has 0 radical (unpaired) electrons. The summed E-state index contributed by atoms with van der Waals surface area (Å²) >= 11 is 1.86. The molecule has 0 saturated heterocycles. The van der Waals surface area contributed by atoms with Crippen LogP contribution in [0.1, 0.15) is 9.75 Å². The highest BCUT2D eigenvalue weighted by Gasteiger charge is 2.18. The van der Waals surface area contributed by atoms with Gasteiger partial charge in [-0.3, -0.25) is 0 Å². The zero-order valence-corrected chi connectivity index (χ0v) is 9.41. The Labute approximate surface area is 97.7 Å². The van der Waals surface area contributed by atoms with E-state index in [1.54, 1.807) is 0 Å². The first kappa shape index (κ1) is 11.1. The van der Waals surface area contributed by atoms with Gasteiger partial charge < -0.3 is 10.2 Å². The van der Waals surface area contributed by atoms with Crippen LogP contribution in [0.4, 0.5) is 8.78 Å². The summed E-state index contributed by atoms with van der Waals surface area (Å²) in [6.45, 7) is 0. The van der Waals surface area contributed by atoms with E-state index in [9.17, 15) is 19.0 Å². The van der Waals surface area contributed by atoms with Crippen molar-refractivity contribution in [1.29, 1.82) is 0 Å². The predicted molar refractivity (Wildman–Crippen MR) is 60.6 cm³/mol. The second-order valence-electron chi connectivity index (χ2n) is 2.89. The molecule has 0 amide bonds. The highest BCUT2D eigenvalue weighted by Crippen LogP contribution is 2.31. The standard InChI is InChI=1S/C10H6F2O2S2/c11-5-1-3-15-9(5)7(13)8(14)10-6(12)2-4-16-10/h1-4,13-14H/b8-7+. The molecule has 2 aromatic heterocycles. The van der Waals surface area contributed by atoms with Gasteiger partial charge in [-0.25, -0.2) is 8.78 Å². The number of rotatable bonds is 2. The molecule has 0 aliphatic heterocycles. The molecule has 0 spiro atoms. The molecule has 0 unspecified atom stereocenters.